The standard InChI is InChI=1S/C10H9F4O/c1-6(2)8-5-7(3-4-9(8)11)15-10(12,13)14/h3-5H,1-2H3. The van der Waals surface area contributed by atoms with Crippen LogP contribution in [0.2, 0.25) is 0 Å². The zero-order valence-corrected chi connectivity index (χ0v) is 8.15. The van der Waals surface area contributed by atoms with Crippen LogP contribution in [-0.2, 0) is 0 Å². The van der Waals surface area contributed by atoms with Crippen molar-refractivity contribution in [2.24, 2.45) is 0 Å². The number of ether oxygens (including phenoxy) is 1. The van der Waals surface area contributed by atoms with Crippen molar-refractivity contribution in [1.82, 2.24) is 0 Å². The summed E-state index contributed by atoms with van der Waals surface area (Å²) in [6.07, 6.45) is -4.75. The second-order valence-corrected chi connectivity index (χ2v) is 3.19. The molecule has 1 nitrogen and oxygen atoms in total. The van der Waals surface area contributed by atoms with Crippen LogP contribution in [0.4, 0.5) is 17.6 Å². The molecule has 1 aromatic carbocycles. The number of rotatable bonds is 2. The zero-order chi connectivity index (χ0) is 11.6. The van der Waals surface area contributed by atoms with E-state index in [0.29, 0.717) is 5.92 Å². The fourth-order valence-electron chi connectivity index (χ4n) is 1.08. The normalized spacial score (nSPS) is 11.9. The van der Waals surface area contributed by atoms with Gasteiger partial charge in [0.15, 0.2) is 0 Å². The van der Waals surface area contributed by atoms with Crippen LogP contribution in [0.15, 0.2) is 18.2 Å². The van der Waals surface area contributed by atoms with E-state index >= 15 is 0 Å². The van der Waals surface area contributed by atoms with Gasteiger partial charge in [-0.2, -0.15) is 0 Å². The van der Waals surface area contributed by atoms with Crippen molar-refractivity contribution in [1.29, 1.82) is 0 Å². The predicted molar refractivity (Wildman–Crippen MR) is 46.8 cm³/mol. The monoisotopic (exact) mass is 221 g/mol. The van der Waals surface area contributed by atoms with Crippen LogP contribution in [0.5, 0.6) is 5.75 Å². The van der Waals surface area contributed by atoms with Crippen molar-refractivity contribution in [2.45, 2.75) is 20.2 Å². The third-order valence-electron chi connectivity index (χ3n) is 1.71. The van der Waals surface area contributed by atoms with Crippen LogP contribution in [0.25, 0.3) is 0 Å². The molecule has 0 N–H and O–H groups in total. The molecule has 0 atom stereocenters. The van der Waals surface area contributed by atoms with E-state index in [2.05, 4.69) is 4.74 Å². The molecule has 83 valence electrons. The second kappa shape index (κ2) is 4.08. The number of benzene rings is 1. The Morgan fingerprint density at radius 1 is 1.20 bits per heavy atom. The van der Waals surface area contributed by atoms with Gasteiger partial charge >= 0.3 is 6.36 Å². The van der Waals surface area contributed by atoms with Crippen molar-refractivity contribution in [3.8, 4) is 5.75 Å². The number of hydrogen-bond acceptors (Lipinski definition) is 1. The van der Waals surface area contributed by atoms with Crippen LogP contribution in [0, 0.1) is 11.7 Å². The van der Waals surface area contributed by atoms with E-state index < -0.39 is 17.9 Å². The lowest BCUT2D eigenvalue weighted by molar-refractivity contribution is -0.274. The van der Waals surface area contributed by atoms with Crippen LogP contribution in [-0.4, -0.2) is 6.36 Å². The third-order valence-corrected chi connectivity index (χ3v) is 1.71. The van der Waals surface area contributed by atoms with Crippen LogP contribution < -0.4 is 4.74 Å². The molecule has 0 spiro atoms. The minimum atomic E-state index is -4.75. The minimum absolute atomic E-state index is 0.122. The Hall–Kier alpha value is -1.26. The molecule has 0 fully saturated rings. The summed E-state index contributed by atoms with van der Waals surface area (Å²) in [7, 11) is 0. The highest BCUT2D eigenvalue weighted by molar-refractivity contribution is 5.37. The average Bonchev–Trinajstić information content (AvgIpc) is 2.05. The van der Waals surface area contributed by atoms with Gasteiger partial charge in [0.2, 0.25) is 0 Å². The Morgan fingerprint density at radius 3 is 2.27 bits per heavy atom. The smallest absolute Gasteiger partial charge is 0.406 e. The molecule has 1 radical (unpaired) electrons. The third kappa shape index (κ3) is 3.42. The van der Waals surface area contributed by atoms with E-state index in [1.807, 2.05) is 0 Å². The molecular weight excluding hydrogens is 212 g/mol. The minimum Gasteiger partial charge on any atom is -0.406 e. The van der Waals surface area contributed by atoms with Crippen molar-refractivity contribution in [3.63, 3.8) is 0 Å². The zero-order valence-electron chi connectivity index (χ0n) is 8.15. The molecule has 0 aliphatic rings. The first-order chi connectivity index (χ1) is 6.79. The maximum atomic E-state index is 13.1. The summed E-state index contributed by atoms with van der Waals surface area (Å²) in [5.74, 6) is -0.398. The molecular formula is C10H9F4O. The SMILES string of the molecule is C[C](C)c1cc(OC(F)(F)F)ccc1F. The van der Waals surface area contributed by atoms with Crippen LogP contribution in [0.3, 0.4) is 0 Å². The maximum absolute atomic E-state index is 13.1. The van der Waals surface area contributed by atoms with Gasteiger partial charge in [0.1, 0.15) is 11.6 Å². The molecule has 0 unspecified atom stereocenters. The molecule has 15 heavy (non-hydrogen) atoms. The fraction of sp³-hybridized carbons (Fsp3) is 0.300. The largest absolute Gasteiger partial charge is 0.573 e. The van der Waals surface area contributed by atoms with Gasteiger partial charge in [-0.1, -0.05) is 13.8 Å². The summed E-state index contributed by atoms with van der Waals surface area (Å²) in [4.78, 5) is 0. The quantitative estimate of drug-likeness (QED) is 0.692. The first kappa shape index (κ1) is 11.8. The van der Waals surface area contributed by atoms with Gasteiger partial charge in [-0.05, 0) is 23.8 Å². The summed E-state index contributed by atoms with van der Waals surface area (Å²) < 4.78 is 52.3. The van der Waals surface area contributed by atoms with Crippen molar-refractivity contribution >= 4 is 0 Å². The molecule has 0 aliphatic carbocycles. The Bertz CT molecular complexity index is 344. The van der Waals surface area contributed by atoms with E-state index in [9.17, 15) is 17.6 Å². The van der Waals surface area contributed by atoms with E-state index in [4.69, 9.17) is 0 Å². The van der Waals surface area contributed by atoms with Gasteiger partial charge in [-0.3, -0.25) is 0 Å². The Kier molecular flexibility index (Phi) is 3.21. The van der Waals surface area contributed by atoms with E-state index in [1.54, 1.807) is 13.8 Å². The molecule has 1 rings (SSSR count). The molecule has 1 aromatic rings. The Balaban J connectivity index is 2.98. The molecule has 0 aliphatic heterocycles. The van der Waals surface area contributed by atoms with Crippen molar-refractivity contribution < 1.29 is 22.3 Å². The Morgan fingerprint density at radius 2 is 1.80 bits per heavy atom. The first-order valence-corrected chi connectivity index (χ1v) is 4.15. The van der Waals surface area contributed by atoms with Crippen molar-refractivity contribution in [3.05, 3.63) is 35.5 Å². The van der Waals surface area contributed by atoms with Gasteiger partial charge in [0, 0.05) is 5.92 Å². The van der Waals surface area contributed by atoms with Crippen molar-refractivity contribution in [2.75, 3.05) is 0 Å². The van der Waals surface area contributed by atoms with Gasteiger partial charge in [-0.25, -0.2) is 4.39 Å². The highest BCUT2D eigenvalue weighted by Crippen LogP contribution is 2.27. The molecule has 0 heterocycles. The number of alkyl halides is 3. The summed E-state index contributed by atoms with van der Waals surface area (Å²) in [5, 5.41) is 0. The topological polar surface area (TPSA) is 9.23 Å². The summed E-state index contributed by atoms with van der Waals surface area (Å²) in [6, 6.07) is 2.91. The van der Waals surface area contributed by atoms with Gasteiger partial charge < -0.3 is 4.74 Å². The molecule has 0 amide bonds. The van der Waals surface area contributed by atoms with E-state index in [0.717, 1.165) is 18.2 Å². The van der Waals surface area contributed by atoms with Gasteiger partial charge in [0.25, 0.3) is 0 Å². The lowest BCUT2D eigenvalue weighted by Gasteiger charge is -2.12. The maximum Gasteiger partial charge on any atom is 0.573 e. The highest BCUT2D eigenvalue weighted by Gasteiger charge is 2.31. The molecule has 0 saturated carbocycles. The highest BCUT2D eigenvalue weighted by atomic mass is 19.4. The summed E-state index contributed by atoms with van der Waals surface area (Å²) >= 11 is 0. The van der Waals surface area contributed by atoms with Crippen LogP contribution in [0.1, 0.15) is 19.4 Å². The second-order valence-electron chi connectivity index (χ2n) is 3.19. The van der Waals surface area contributed by atoms with Gasteiger partial charge in [0.05, 0.1) is 0 Å². The molecule has 5 heteroatoms. The first-order valence-electron chi connectivity index (χ1n) is 4.15. The number of halogens is 4. The van der Waals surface area contributed by atoms with Gasteiger partial charge in [-0.15, -0.1) is 13.2 Å². The average molecular weight is 221 g/mol. The summed E-state index contributed by atoms with van der Waals surface area (Å²) in [5.41, 5.74) is 0.122. The van der Waals surface area contributed by atoms with E-state index in [-0.39, 0.29) is 5.56 Å². The molecule has 0 bridgehead atoms. The number of hydrogen-bond donors (Lipinski definition) is 0. The molecule has 0 saturated heterocycles. The summed E-state index contributed by atoms with van der Waals surface area (Å²) in [6.45, 7) is 3.21. The van der Waals surface area contributed by atoms with E-state index in [1.165, 1.54) is 0 Å². The Labute approximate surface area is 84.7 Å². The predicted octanol–water partition coefficient (Wildman–Crippen LogP) is 3.69. The lowest BCUT2D eigenvalue weighted by Crippen LogP contribution is -2.17. The lowest BCUT2D eigenvalue weighted by atomic mass is 10.0. The fourth-order valence-corrected chi connectivity index (χ4v) is 1.08. The van der Waals surface area contributed by atoms with Crippen LogP contribution >= 0.6 is 0 Å². The molecule has 0 aromatic heterocycles.